The summed E-state index contributed by atoms with van der Waals surface area (Å²) in [6.45, 7) is 2.73. The van der Waals surface area contributed by atoms with Crippen LogP contribution in [0.25, 0.3) is 22.6 Å². The van der Waals surface area contributed by atoms with Crippen molar-refractivity contribution in [1.29, 1.82) is 0 Å². The minimum absolute atomic E-state index is 0.0516. The zero-order chi connectivity index (χ0) is 24.4. The molecule has 13 nitrogen and oxygen atoms in total. The van der Waals surface area contributed by atoms with Crippen LogP contribution in [-0.4, -0.2) is 84.1 Å². The Balaban J connectivity index is 0.000000654. The van der Waals surface area contributed by atoms with E-state index in [9.17, 15) is 33.3 Å². The third kappa shape index (κ3) is 6.15. The molecule has 0 fully saturated rings. The smallest absolute Gasteiger partial charge is 0.349 e. The summed E-state index contributed by atoms with van der Waals surface area (Å²) in [4.78, 5) is 34.0. The SMILES string of the molecule is CS(=O)(=O)O.Cc1cc2nc3c(=O)[nH]c(=O)nc-3n(C[C@H](O)[C@H](O)[C@H](O)CO)c2cc1C. The van der Waals surface area contributed by atoms with Gasteiger partial charge >= 0.3 is 5.69 Å². The molecule has 0 saturated heterocycles. The molecule has 6 N–H and O–H groups in total. The zero-order valence-electron chi connectivity index (χ0n) is 17.4. The number of hydrogen-bond donors (Lipinski definition) is 6. The molecule has 2 aliphatic rings. The second-order valence-electron chi connectivity index (χ2n) is 7.23. The Morgan fingerprint density at radius 1 is 1.06 bits per heavy atom. The Morgan fingerprint density at radius 2 is 1.62 bits per heavy atom. The van der Waals surface area contributed by atoms with Gasteiger partial charge in [-0.2, -0.15) is 13.4 Å². The van der Waals surface area contributed by atoms with Gasteiger partial charge in [-0.15, -0.1) is 0 Å². The summed E-state index contributed by atoms with van der Waals surface area (Å²) >= 11 is 0. The topological polar surface area (TPSA) is 216 Å². The maximum absolute atomic E-state index is 12.2. The van der Waals surface area contributed by atoms with Crippen molar-refractivity contribution in [2.24, 2.45) is 0 Å². The molecule has 3 atom stereocenters. The first-order valence-corrected chi connectivity index (χ1v) is 11.1. The van der Waals surface area contributed by atoms with Crippen LogP contribution in [0, 0.1) is 13.8 Å². The zero-order valence-corrected chi connectivity index (χ0v) is 18.2. The summed E-state index contributed by atoms with van der Waals surface area (Å²) in [6.07, 6.45) is -3.97. The van der Waals surface area contributed by atoms with Crippen LogP contribution in [0.5, 0.6) is 0 Å². The van der Waals surface area contributed by atoms with Crippen molar-refractivity contribution in [3.8, 4) is 11.5 Å². The first kappa shape index (κ1) is 25.5. The molecule has 2 heterocycles. The molecule has 2 aliphatic heterocycles. The number of nitrogens with one attached hydrogen (secondary N) is 1. The molecule has 0 amide bonds. The lowest BCUT2D eigenvalue weighted by Crippen LogP contribution is -2.42. The van der Waals surface area contributed by atoms with Crippen LogP contribution in [0.1, 0.15) is 11.1 Å². The molecule has 14 heteroatoms. The van der Waals surface area contributed by atoms with Crippen LogP contribution >= 0.6 is 0 Å². The highest BCUT2D eigenvalue weighted by atomic mass is 32.2. The number of aromatic amines is 1. The summed E-state index contributed by atoms with van der Waals surface area (Å²) in [7, 11) is -3.67. The maximum Gasteiger partial charge on any atom is 0.349 e. The van der Waals surface area contributed by atoms with Crippen LogP contribution in [0.15, 0.2) is 21.7 Å². The van der Waals surface area contributed by atoms with Gasteiger partial charge in [-0.1, -0.05) is 0 Å². The molecule has 0 bridgehead atoms. The van der Waals surface area contributed by atoms with Crippen molar-refractivity contribution in [3.63, 3.8) is 0 Å². The van der Waals surface area contributed by atoms with Crippen molar-refractivity contribution in [3.05, 3.63) is 44.1 Å². The van der Waals surface area contributed by atoms with E-state index in [0.717, 1.165) is 11.1 Å². The van der Waals surface area contributed by atoms with E-state index in [1.165, 1.54) is 4.57 Å². The highest BCUT2D eigenvalue weighted by Gasteiger charge is 2.27. The predicted octanol–water partition coefficient (Wildman–Crippen LogP) is -2.22. The summed E-state index contributed by atoms with van der Waals surface area (Å²) in [5.41, 5.74) is 1.11. The van der Waals surface area contributed by atoms with Gasteiger partial charge in [0.05, 0.1) is 30.4 Å². The van der Waals surface area contributed by atoms with Gasteiger partial charge in [0.25, 0.3) is 15.7 Å². The summed E-state index contributed by atoms with van der Waals surface area (Å²) in [5.74, 6) is -0.0516. The standard InChI is InChI=1S/C17H20N4O6.CH4O3S/c1-7-3-9-10(4-8(7)2)21(5-11(23)14(25)12(24)6-22)15-13(18-9)16(26)20-17(27)19-15;1-5(2,3)4/h3-4,11-12,14,22-25H,5-6H2,1-2H3,(H,20,26,27);1H3,(H,2,3,4)/t11-,12+,14-;/m0./s1. The van der Waals surface area contributed by atoms with Gasteiger partial charge in [-0.05, 0) is 37.1 Å². The van der Waals surface area contributed by atoms with Gasteiger partial charge in [0.15, 0.2) is 11.5 Å². The second-order valence-corrected chi connectivity index (χ2v) is 8.70. The second kappa shape index (κ2) is 9.81. The third-order valence-electron chi connectivity index (χ3n) is 4.57. The van der Waals surface area contributed by atoms with E-state index < -0.39 is 46.3 Å². The Labute approximate surface area is 181 Å². The molecule has 0 spiro atoms. The van der Waals surface area contributed by atoms with Gasteiger partial charge in [0.1, 0.15) is 18.3 Å². The predicted molar refractivity (Wildman–Crippen MR) is 113 cm³/mol. The lowest BCUT2D eigenvalue weighted by atomic mass is 10.1. The molecular weight excluding hydrogens is 448 g/mol. The molecule has 1 aromatic rings. The number of hydrogen-bond acceptors (Lipinski definition) is 10. The fraction of sp³-hybridized carbons (Fsp3) is 0.444. The number of fused-ring (bicyclic) bond motifs is 2. The fourth-order valence-electron chi connectivity index (χ4n) is 2.89. The molecule has 0 saturated carbocycles. The van der Waals surface area contributed by atoms with Gasteiger partial charge in [0.2, 0.25) is 0 Å². The van der Waals surface area contributed by atoms with Crippen LogP contribution in [-0.2, 0) is 16.7 Å². The Bertz CT molecular complexity index is 1290. The molecule has 0 radical (unpaired) electrons. The summed E-state index contributed by atoms with van der Waals surface area (Å²) in [6, 6.07) is 3.53. The van der Waals surface area contributed by atoms with Crippen molar-refractivity contribution in [1.82, 2.24) is 19.5 Å². The Kier molecular flexibility index (Phi) is 7.82. The minimum Gasteiger partial charge on any atom is -0.394 e. The van der Waals surface area contributed by atoms with Crippen LogP contribution in [0.4, 0.5) is 0 Å². The maximum atomic E-state index is 12.2. The van der Waals surface area contributed by atoms with Crippen LogP contribution < -0.4 is 11.2 Å². The van der Waals surface area contributed by atoms with E-state index in [-0.39, 0.29) is 18.1 Å². The minimum atomic E-state index is -3.67. The van der Waals surface area contributed by atoms with Crippen molar-refractivity contribution in [2.45, 2.75) is 38.7 Å². The molecule has 0 unspecified atom stereocenters. The molecule has 32 heavy (non-hydrogen) atoms. The summed E-state index contributed by atoms with van der Waals surface area (Å²) < 4.78 is 27.3. The number of benzene rings is 1. The number of aryl methyl sites for hydroxylation is 2. The lowest BCUT2D eigenvalue weighted by molar-refractivity contribution is -0.0802. The van der Waals surface area contributed by atoms with Crippen LogP contribution in [0.2, 0.25) is 0 Å². The third-order valence-corrected chi connectivity index (χ3v) is 4.57. The van der Waals surface area contributed by atoms with E-state index in [0.29, 0.717) is 17.3 Å². The number of aliphatic hydroxyl groups excluding tert-OH is 4. The molecule has 0 aromatic heterocycles. The highest BCUT2D eigenvalue weighted by Crippen LogP contribution is 2.24. The Morgan fingerprint density at radius 3 is 2.19 bits per heavy atom. The van der Waals surface area contributed by atoms with E-state index in [1.807, 2.05) is 13.8 Å². The number of aliphatic hydroxyl groups is 4. The van der Waals surface area contributed by atoms with E-state index >= 15 is 0 Å². The van der Waals surface area contributed by atoms with Gasteiger partial charge < -0.3 is 25.0 Å². The highest BCUT2D eigenvalue weighted by molar-refractivity contribution is 7.85. The molecular formula is C18H24N4O9S. The number of aromatic nitrogens is 4. The number of nitrogens with zero attached hydrogens (tertiary/aromatic N) is 3. The van der Waals surface area contributed by atoms with Crippen molar-refractivity contribution < 1.29 is 33.4 Å². The van der Waals surface area contributed by atoms with Gasteiger partial charge in [-0.25, -0.2) is 9.78 Å². The average molecular weight is 472 g/mol. The summed E-state index contributed by atoms with van der Waals surface area (Å²) in [5, 5.41) is 38.8. The van der Waals surface area contributed by atoms with Crippen LogP contribution in [0.3, 0.4) is 0 Å². The fourth-order valence-corrected chi connectivity index (χ4v) is 2.89. The first-order chi connectivity index (χ1) is 14.7. The quantitative estimate of drug-likeness (QED) is 0.173. The molecule has 3 rings (SSSR count). The van der Waals surface area contributed by atoms with Crippen molar-refractivity contribution in [2.75, 3.05) is 12.9 Å². The van der Waals surface area contributed by atoms with E-state index in [2.05, 4.69) is 15.0 Å². The monoisotopic (exact) mass is 472 g/mol. The largest absolute Gasteiger partial charge is 0.394 e. The average Bonchev–Trinajstić information content (AvgIpc) is 2.67. The van der Waals surface area contributed by atoms with E-state index in [4.69, 9.17) is 9.66 Å². The van der Waals surface area contributed by atoms with Gasteiger partial charge in [0, 0.05) is 0 Å². The molecule has 1 aromatic carbocycles. The molecule has 176 valence electrons. The normalized spacial score (nSPS) is 14.6. The molecule has 0 aliphatic carbocycles. The van der Waals surface area contributed by atoms with Crippen molar-refractivity contribution >= 4 is 21.2 Å². The lowest BCUT2D eigenvalue weighted by Gasteiger charge is -2.25. The number of rotatable bonds is 5. The number of H-pyrrole nitrogens is 1. The van der Waals surface area contributed by atoms with E-state index in [1.54, 1.807) is 12.1 Å². The van der Waals surface area contributed by atoms with Gasteiger partial charge in [-0.3, -0.25) is 14.3 Å². The first-order valence-electron chi connectivity index (χ1n) is 9.22. The Hall–Kier alpha value is -2.75.